The number of rotatable bonds is 6. The summed E-state index contributed by atoms with van der Waals surface area (Å²) in [5.41, 5.74) is 0. The molecule has 0 unspecified atom stereocenters. The number of nitrogens with zero attached hydrogens (tertiary/aromatic N) is 4. The maximum Gasteiger partial charge on any atom is 0.243 e. The highest BCUT2D eigenvalue weighted by atomic mass is 32.2. The van der Waals surface area contributed by atoms with Crippen molar-refractivity contribution in [3.05, 3.63) is 42.0 Å². The Morgan fingerprint density at radius 3 is 2.41 bits per heavy atom. The molecule has 0 N–H and O–H groups in total. The Labute approximate surface area is 158 Å². The molecule has 146 valence electrons. The lowest BCUT2D eigenvalue weighted by atomic mass is 10.3. The number of piperazine rings is 1. The van der Waals surface area contributed by atoms with Gasteiger partial charge in [0.2, 0.25) is 15.9 Å². The zero-order valence-corrected chi connectivity index (χ0v) is 16.2. The summed E-state index contributed by atoms with van der Waals surface area (Å²) >= 11 is 0. The van der Waals surface area contributed by atoms with Gasteiger partial charge < -0.3 is 9.64 Å². The Kier molecular flexibility index (Phi) is 5.91. The lowest BCUT2D eigenvalue weighted by Gasteiger charge is -2.34. The molecule has 1 aliphatic heterocycles. The van der Waals surface area contributed by atoms with Gasteiger partial charge in [-0.25, -0.2) is 17.8 Å². The van der Waals surface area contributed by atoms with Gasteiger partial charge in [0.15, 0.2) is 0 Å². The van der Waals surface area contributed by atoms with E-state index in [9.17, 15) is 12.8 Å². The van der Waals surface area contributed by atoms with Crippen LogP contribution in [0.2, 0.25) is 0 Å². The lowest BCUT2D eigenvalue weighted by Crippen LogP contribution is -2.49. The number of halogens is 1. The van der Waals surface area contributed by atoms with Crippen LogP contribution in [0.3, 0.4) is 0 Å². The number of hydrogen-bond donors (Lipinski definition) is 0. The van der Waals surface area contributed by atoms with Crippen molar-refractivity contribution in [3.8, 4) is 5.88 Å². The second-order valence-electron chi connectivity index (χ2n) is 6.31. The Morgan fingerprint density at radius 1 is 1.11 bits per heavy atom. The van der Waals surface area contributed by atoms with Crippen molar-refractivity contribution < 1.29 is 17.5 Å². The van der Waals surface area contributed by atoms with Gasteiger partial charge in [-0.15, -0.1) is 0 Å². The van der Waals surface area contributed by atoms with Gasteiger partial charge >= 0.3 is 0 Å². The van der Waals surface area contributed by atoms with Gasteiger partial charge in [-0.2, -0.15) is 9.29 Å². The van der Waals surface area contributed by atoms with Crippen LogP contribution in [0.15, 0.2) is 35.2 Å². The molecule has 1 aromatic carbocycles. The van der Waals surface area contributed by atoms with E-state index in [-0.39, 0.29) is 4.90 Å². The number of hydrogen-bond acceptors (Lipinski definition) is 6. The Morgan fingerprint density at radius 2 is 1.78 bits per heavy atom. The van der Waals surface area contributed by atoms with Crippen molar-refractivity contribution in [2.75, 3.05) is 37.7 Å². The molecule has 2 aromatic rings. The third kappa shape index (κ3) is 4.54. The van der Waals surface area contributed by atoms with E-state index in [1.165, 1.54) is 16.4 Å². The lowest BCUT2D eigenvalue weighted by molar-refractivity contribution is 0.303. The standard InChI is InChI=1S/C18H23FN4O3S/c1-3-12-26-18-13-17(20-14(2)21-18)22-8-10-23(11-9-22)27(24,25)16-6-4-15(19)5-7-16/h4-7,13H,3,8-12H2,1-2H3. The second kappa shape index (κ2) is 8.18. The van der Waals surface area contributed by atoms with E-state index in [2.05, 4.69) is 9.97 Å². The summed E-state index contributed by atoms with van der Waals surface area (Å²) in [5, 5.41) is 0. The summed E-state index contributed by atoms with van der Waals surface area (Å²) in [6.07, 6.45) is 0.887. The number of anilines is 1. The minimum absolute atomic E-state index is 0.102. The van der Waals surface area contributed by atoms with Crippen LogP contribution >= 0.6 is 0 Å². The Bertz CT molecular complexity index is 882. The van der Waals surface area contributed by atoms with Gasteiger partial charge in [-0.1, -0.05) is 6.92 Å². The first kappa shape index (κ1) is 19.5. The largest absolute Gasteiger partial charge is 0.478 e. The highest BCUT2D eigenvalue weighted by molar-refractivity contribution is 7.89. The molecule has 7 nitrogen and oxygen atoms in total. The minimum atomic E-state index is -3.63. The van der Waals surface area contributed by atoms with Crippen LogP contribution in [-0.4, -0.2) is 55.5 Å². The fourth-order valence-electron chi connectivity index (χ4n) is 2.88. The quantitative estimate of drug-likeness (QED) is 0.748. The second-order valence-corrected chi connectivity index (χ2v) is 8.24. The zero-order chi connectivity index (χ0) is 19.4. The summed E-state index contributed by atoms with van der Waals surface area (Å²) in [4.78, 5) is 10.8. The molecule has 1 fully saturated rings. The highest BCUT2D eigenvalue weighted by Gasteiger charge is 2.29. The van der Waals surface area contributed by atoms with Gasteiger partial charge in [-0.05, 0) is 37.6 Å². The van der Waals surface area contributed by atoms with Crippen LogP contribution in [0.5, 0.6) is 5.88 Å². The van der Waals surface area contributed by atoms with Crippen molar-refractivity contribution in [1.29, 1.82) is 0 Å². The maximum absolute atomic E-state index is 13.1. The zero-order valence-electron chi connectivity index (χ0n) is 15.4. The molecular weight excluding hydrogens is 371 g/mol. The smallest absolute Gasteiger partial charge is 0.243 e. The fourth-order valence-corrected chi connectivity index (χ4v) is 4.30. The van der Waals surface area contributed by atoms with E-state index in [1.54, 1.807) is 13.0 Å². The number of sulfonamides is 1. The molecule has 27 heavy (non-hydrogen) atoms. The van der Waals surface area contributed by atoms with Gasteiger partial charge in [0.1, 0.15) is 17.5 Å². The number of ether oxygens (including phenoxy) is 1. The summed E-state index contributed by atoms with van der Waals surface area (Å²) < 4.78 is 45.5. The molecular formula is C18H23FN4O3S. The average molecular weight is 394 g/mol. The van der Waals surface area contributed by atoms with Gasteiger partial charge in [0, 0.05) is 32.2 Å². The van der Waals surface area contributed by atoms with Gasteiger partial charge in [0.25, 0.3) is 0 Å². The first-order valence-electron chi connectivity index (χ1n) is 8.89. The third-order valence-corrected chi connectivity index (χ3v) is 6.18. The molecule has 3 rings (SSSR count). The first-order chi connectivity index (χ1) is 12.9. The van der Waals surface area contributed by atoms with Crippen LogP contribution < -0.4 is 9.64 Å². The normalized spacial score (nSPS) is 15.7. The SMILES string of the molecule is CCCOc1cc(N2CCN(S(=O)(=O)c3ccc(F)cc3)CC2)nc(C)n1. The molecule has 0 radical (unpaired) electrons. The first-order valence-corrected chi connectivity index (χ1v) is 10.3. The highest BCUT2D eigenvalue weighted by Crippen LogP contribution is 2.22. The maximum atomic E-state index is 13.1. The molecule has 0 saturated carbocycles. The molecule has 0 atom stereocenters. The molecule has 1 aliphatic rings. The predicted octanol–water partition coefficient (Wildman–Crippen LogP) is 2.22. The van der Waals surface area contributed by atoms with Crippen LogP contribution in [0.4, 0.5) is 10.2 Å². The van der Waals surface area contributed by atoms with Gasteiger partial charge in [0.05, 0.1) is 11.5 Å². The number of aryl methyl sites for hydroxylation is 1. The van der Waals surface area contributed by atoms with E-state index >= 15 is 0 Å². The summed E-state index contributed by atoms with van der Waals surface area (Å²) in [6.45, 7) is 6.07. The third-order valence-electron chi connectivity index (χ3n) is 4.27. The predicted molar refractivity (Wildman–Crippen MR) is 99.9 cm³/mol. The molecule has 0 bridgehead atoms. The van der Waals surface area contributed by atoms with Crippen LogP contribution in [0.25, 0.3) is 0 Å². The summed E-state index contributed by atoms with van der Waals surface area (Å²) in [7, 11) is -3.63. The monoisotopic (exact) mass is 394 g/mol. The molecule has 2 heterocycles. The van der Waals surface area contributed by atoms with Crippen molar-refractivity contribution in [3.63, 3.8) is 0 Å². The van der Waals surface area contributed by atoms with Crippen molar-refractivity contribution in [1.82, 2.24) is 14.3 Å². The van der Waals surface area contributed by atoms with E-state index < -0.39 is 15.8 Å². The van der Waals surface area contributed by atoms with Crippen molar-refractivity contribution in [2.24, 2.45) is 0 Å². The summed E-state index contributed by atoms with van der Waals surface area (Å²) in [5.74, 6) is 1.41. The Balaban J connectivity index is 1.70. The van der Waals surface area contributed by atoms with E-state index in [1.807, 2.05) is 11.8 Å². The minimum Gasteiger partial charge on any atom is -0.478 e. The topological polar surface area (TPSA) is 75.6 Å². The number of aromatic nitrogens is 2. The number of benzene rings is 1. The molecule has 0 aliphatic carbocycles. The molecule has 9 heteroatoms. The Hall–Kier alpha value is -2.26. The van der Waals surface area contributed by atoms with Gasteiger partial charge in [-0.3, -0.25) is 0 Å². The van der Waals surface area contributed by atoms with E-state index in [0.29, 0.717) is 44.5 Å². The fraction of sp³-hybridized carbons (Fsp3) is 0.444. The summed E-state index contributed by atoms with van der Waals surface area (Å²) in [6, 6.07) is 6.69. The molecule has 1 aromatic heterocycles. The molecule has 1 saturated heterocycles. The van der Waals surface area contributed by atoms with Crippen LogP contribution in [0, 0.1) is 12.7 Å². The molecule has 0 spiro atoms. The van der Waals surface area contributed by atoms with Crippen molar-refractivity contribution in [2.45, 2.75) is 25.2 Å². The van der Waals surface area contributed by atoms with E-state index in [4.69, 9.17) is 4.74 Å². The van der Waals surface area contributed by atoms with E-state index in [0.717, 1.165) is 24.4 Å². The van der Waals surface area contributed by atoms with Crippen LogP contribution in [0.1, 0.15) is 19.2 Å². The van der Waals surface area contributed by atoms with Crippen LogP contribution in [-0.2, 0) is 10.0 Å². The molecule has 0 amide bonds. The van der Waals surface area contributed by atoms with Crippen molar-refractivity contribution >= 4 is 15.8 Å². The average Bonchev–Trinajstić information content (AvgIpc) is 2.66.